The van der Waals surface area contributed by atoms with E-state index in [2.05, 4.69) is 20.5 Å². The number of anilines is 2. The molecule has 0 bridgehead atoms. The van der Waals surface area contributed by atoms with Crippen molar-refractivity contribution in [3.05, 3.63) is 46.9 Å². The van der Waals surface area contributed by atoms with E-state index in [0.717, 1.165) is 56.2 Å². The smallest absolute Gasteiger partial charge is 0.871 e. The molecule has 37 heavy (non-hydrogen) atoms. The molecule has 3 N–H and O–H groups in total. The molecule has 2 aromatic rings. The van der Waals surface area contributed by atoms with Crippen molar-refractivity contribution in [2.75, 3.05) is 23.3 Å². The van der Waals surface area contributed by atoms with Gasteiger partial charge in [-0.15, -0.1) is 0 Å². The fourth-order valence-electron chi connectivity index (χ4n) is 4.83. The van der Waals surface area contributed by atoms with Crippen LogP contribution in [0.5, 0.6) is 0 Å². The van der Waals surface area contributed by atoms with E-state index < -0.39 is 7.32 Å². The summed E-state index contributed by atoms with van der Waals surface area (Å²) in [5, 5.41) is 30.4. The number of hydrogen-bond donors (Lipinski definition) is 3. The Morgan fingerprint density at radius 1 is 1.19 bits per heavy atom. The Balaban J connectivity index is 0.000000750. The molecule has 1 saturated heterocycles. The average molecular weight is 529 g/mol. The molecular weight excluding hydrogens is 498 g/mol. The van der Waals surface area contributed by atoms with E-state index in [1.807, 2.05) is 6.07 Å². The summed E-state index contributed by atoms with van der Waals surface area (Å²) in [6.07, 6.45) is 8.54. The molecule has 13 heteroatoms. The molecule has 2 saturated carbocycles. The van der Waals surface area contributed by atoms with Crippen molar-refractivity contribution in [3.8, 4) is 0 Å². The first-order chi connectivity index (χ1) is 16.8. The number of piperidine rings is 1. The van der Waals surface area contributed by atoms with Crippen LogP contribution in [-0.2, 0) is 6.54 Å². The van der Waals surface area contributed by atoms with Gasteiger partial charge in [0.25, 0.3) is 5.91 Å². The van der Waals surface area contributed by atoms with Gasteiger partial charge in [-0.1, -0.05) is 31.4 Å². The van der Waals surface area contributed by atoms with Gasteiger partial charge in [0.1, 0.15) is 17.2 Å². The van der Waals surface area contributed by atoms with E-state index in [0.29, 0.717) is 29.4 Å². The fraction of sp³-hybridized carbons (Fsp3) is 0.542. The van der Waals surface area contributed by atoms with Crippen LogP contribution in [0.1, 0.15) is 60.0 Å². The maximum Gasteiger partial charge on any atom is 1.00 e. The number of rotatable bonds is 6. The topological polar surface area (TPSA) is 136 Å². The molecule has 2 atom stereocenters. The molecule has 1 aromatic heterocycles. The number of nitrogens with one attached hydrogen (secondary N) is 2. The minimum Gasteiger partial charge on any atom is -0.871 e. The third-order valence-electron chi connectivity index (χ3n) is 6.92. The van der Waals surface area contributed by atoms with Crippen LogP contribution < -0.4 is 84.7 Å². The summed E-state index contributed by atoms with van der Waals surface area (Å²) >= 11 is 0. The summed E-state index contributed by atoms with van der Waals surface area (Å²) in [7, 11) is -2.67. The Morgan fingerprint density at radius 2 is 1.84 bits per heavy atom. The van der Waals surface area contributed by atoms with E-state index in [1.54, 1.807) is 19.2 Å². The van der Waals surface area contributed by atoms with Crippen LogP contribution in [0.25, 0.3) is 0 Å². The molecule has 5 rings (SSSR count). The summed E-state index contributed by atoms with van der Waals surface area (Å²) in [6, 6.07) is 5.40. The molecule has 2 aliphatic carbocycles. The Morgan fingerprint density at radius 3 is 2.46 bits per heavy atom. The summed E-state index contributed by atoms with van der Waals surface area (Å²) in [5.74, 6) is 2.35. The van der Waals surface area contributed by atoms with E-state index in [1.165, 1.54) is 18.9 Å². The van der Waals surface area contributed by atoms with Crippen molar-refractivity contribution >= 4 is 25.0 Å². The van der Waals surface area contributed by atoms with E-state index in [4.69, 9.17) is 20.1 Å². The average Bonchev–Trinajstić information content (AvgIpc) is 3.44. The summed E-state index contributed by atoms with van der Waals surface area (Å²) < 4.78 is 14.0. The third-order valence-corrected chi connectivity index (χ3v) is 6.92. The van der Waals surface area contributed by atoms with Gasteiger partial charge in [0.2, 0.25) is 5.95 Å². The zero-order valence-corrected chi connectivity index (χ0v) is 25.9. The fourth-order valence-corrected chi connectivity index (χ4v) is 4.83. The minimum absolute atomic E-state index is 0. The summed E-state index contributed by atoms with van der Waals surface area (Å²) in [6.45, 7) is 4.11. The van der Waals surface area contributed by atoms with Crippen molar-refractivity contribution < 1.29 is 83.4 Å². The molecule has 9 nitrogen and oxygen atoms in total. The van der Waals surface area contributed by atoms with Crippen LogP contribution in [0.15, 0.2) is 24.4 Å². The van der Waals surface area contributed by atoms with Gasteiger partial charge in [-0.3, -0.25) is 4.79 Å². The maximum absolute atomic E-state index is 14.0. The molecule has 1 amide bonds. The zero-order valence-electron chi connectivity index (χ0n) is 21.9. The van der Waals surface area contributed by atoms with E-state index in [-0.39, 0.29) is 76.9 Å². The molecule has 0 radical (unpaired) electrons. The second-order valence-corrected chi connectivity index (χ2v) is 9.65. The molecule has 1 aromatic carbocycles. The number of fused-ring (bicyclic) bond motifs is 1. The van der Waals surface area contributed by atoms with Crippen LogP contribution in [-0.4, -0.2) is 47.4 Å². The van der Waals surface area contributed by atoms with Gasteiger partial charge in [0.05, 0.1) is 7.32 Å². The number of aryl methyl sites for hydroxylation is 1. The zero-order chi connectivity index (χ0) is 24.9. The SMILES string of the molecule is Cc1ccc(CNc2nc(N3CC4CC4C3)ncc2C(=O)NC2CCCCC2)cc1F.[Na+].[Na+].[O-]B([O-])O. The quantitative estimate of drug-likeness (QED) is 0.316. The molecule has 1 aliphatic heterocycles. The normalized spacial score (nSPS) is 19.9. The van der Waals surface area contributed by atoms with Gasteiger partial charge in [-0.05, 0) is 55.2 Å². The molecule has 2 unspecified atom stereocenters. The van der Waals surface area contributed by atoms with Crippen molar-refractivity contribution in [2.24, 2.45) is 11.8 Å². The van der Waals surface area contributed by atoms with Gasteiger partial charge in [-0.25, -0.2) is 9.37 Å². The van der Waals surface area contributed by atoms with Crippen LogP contribution in [0, 0.1) is 24.6 Å². The number of carbonyl (C=O) groups is 1. The third kappa shape index (κ3) is 9.44. The van der Waals surface area contributed by atoms with Crippen LogP contribution in [0.3, 0.4) is 0 Å². The first-order valence-corrected chi connectivity index (χ1v) is 12.2. The Hall–Kier alpha value is -0.755. The number of halogens is 1. The predicted octanol–water partition coefficient (Wildman–Crippen LogP) is -5.25. The van der Waals surface area contributed by atoms with Crippen molar-refractivity contribution in [3.63, 3.8) is 0 Å². The summed E-state index contributed by atoms with van der Waals surface area (Å²) in [4.78, 5) is 24.5. The minimum atomic E-state index is -2.67. The van der Waals surface area contributed by atoms with Gasteiger partial charge in [0.15, 0.2) is 0 Å². The number of aromatic nitrogens is 2. The number of benzene rings is 1. The second kappa shape index (κ2) is 15.1. The largest absolute Gasteiger partial charge is 1.00 e. The number of hydrogen-bond acceptors (Lipinski definition) is 8. The second-order valence-electron chi connectivity index (χ2n) is 9.65. The first-order valence-electron chi connectivity index (χ1n) is 12.2. The van der Waals surface area contributed by atoms with Crippen molar-refractivity contribution in [2.45, 2.75) is 58.0 Å². The number of amides is 1. The number of nitrogens with zero attached hydrogens (tertiary/aromatic N) is 3. The Labute approximate surface area is 261 Å². The van der Waals surface area contributed by atoms with Gasteiger partial charge >= 0.3 is 59.1 Å². The van der Waals surface area contributed by atoms with Crippen LogP contribution in [0.4, 0.5) is 16.2 Å². The standard InChI is InChI=1S/C24H30FN5O.BHO3.2Na/c1-15-7-8-16(9-21(15)25)11-26-22-20(23(31)28-19-5-3-2-4-6-19)12-27-24(29-22)30-13-17-10-18(17)14-30;2-1(3)4;;/h7-9,12,17-19H,2-6,10-11,13-14H2,1H3,(H,28,31)(H,26,27,29);2H;;/q;-2;2*+1. The molecular formula is C24H31BFN5Na2O4. The van der Waals surface area contributed by atoms with Gasteiger partial charge < -0.3 is 30.6 Å². The van der Waals surface area contributed by atoms with Crippen LogP contribution in [0.2, 0.25) is 0 Å². The van der Waals surface area contributed by atoms with Crippen molar-refractivity contribution in [1.82, 2.24) is 15.3 Å². The molecule has 3 aliphatic rings. The summed E-state index contributed by atoms with van der Waals surface area (Å²) in [5.41, 5.74) is 1.88. The molecule has 3 fully saturated rings. The Bertz CT molecular complexity index is 1040. The number of carbonyl (C=O) groups excluding carboxylic acids is 1. The van der Waals surface area contributed by atoms with Crippen LogP contribution >= 0.6 is 0 Å². The Kier molecular flexibility index (Phi) is 13.3. The van der Waals surface area contributed by atoms with E-state index >= 15 is 0 Å². The van der Waals surface area contributed by atoms with Crippen molar-refractivity contribution in [1.29, 1.82) is 0 Å². The molecule has 188 valence electrons. The predicted molar refractivity (Wildman–Crippen MR) is 127 cm³/mol. The molecule has 0 spiro atoms. The maximum atomic E-state index is 14.0. The van der Waals surface area contributed by atoms with E-state index in [9.17, 15) is 9.18 Å². The monoisotopic (exact) mass is 529 g/mol. The first kappa shape index (κ1) is 32.5. The molecule has 2 heterocycles. The van der Waals surface area contributed by atoms with Gasteiger partial charge in [-0.2, -0.15) is 4.98 Å². The van der Waals surface area contributed by atoms with Gasteiger partial charge in [0, 0.05) is 31.9 Å².